The molecule has 5 atom stereocenters. The first kappa shape index (κ1) is 38.5. The normalized spacial score (nSPS) is 23.9. The highest BCUT2D eigenvalue weighted by atomic mass is 19.1. The van der Waals surface area contributed by atoms with Gasteiger partial charge in [-0.1, -0.05) is 6.07 Å². The molecule has 0 aliphatic carbocycles. The number of methoxy groups -OCH3 is 1. The average molecular weight is 845 g/mol. The second-order valence-electron chi connectivity index (χ2n) is 17.1. The molecule has 2 amide bonds. The van der Waals surface area contributed by atoms with Gasteiger partial charge in [0.25, 0.3) is 0 Å². The van der Waals surface area contributed by atoms with Gasteiger partial charge in [-0.3, -0.25) is 9.59 Å². The summed E-state index contributed by atoms with van der Waals surface area (Å²) in [6.07, 6.45) is 4.66. The molecular formula is C44H46F2N12O4. The molecule has 6 aromatic rings. The third kappa shape index (κ3) is 6.36. The Labute approximate surface area is 355 Å². The van der Waals surface area contributed by atoms with Crippen molar-refractivity contribution in [3.05, 3.63) is 72.2 Å². The smallest absolute Gasteiger partial charge is 0.245 e. The van der Waals surface area contributed by atoms with E-state index in [2.05, 4.69) is 5.32 Å². The van der Waals surface area contributed by atoms with Crippen LogP contribution in [0.5, 0.6) is 5.75 Å². The van der Waals surface area contributed by atoms with Crippen LogP contribution in [0.4, 0.5) is 26.4 Å². The summed E-state index contributed by atoms with van der Waals surface area (Å²) >= 11 is 0. The van der Waals surface area contributed by atoms with E-state index in [1.54, 1.807) is 36.0 Å². The number of nitrogens with zero attached hydrogens (tertiary/aromatic N) is 11. The number of hydrogen-bond donors (Lipinski definition) is 1. The Balaban J connectivity index is 1.05. The van der Waals surface area contributed by atoms with E-state index in [4.69, 9.17) is 34.5 Å². The predicted octanol–water partition coefficient (Wildman–Crippen LogP) is 4.71. The highest BCUT2D eigenvalue weighted by molar-refractivity contribution is 5.95. The lowest BCUT2D eigenvalue weighted by atomic mass is 10.1. The summed E-state index contributed by atoms with van der Waals surface area (Å²) in [6.45, 7) is 4.21. The summed E-state index contributed by atoms with van der Waals surface area (Å²) in [5.41, 5.74) is 3.33. The number of amides is 2. The first-order valence-corrected chi connectivity index (χ1v) is 21.3. The van der Waals surface area contributed by atoms with Gasteiger partial charge in [0.05, 0.1) is 47.0 Å². The van der Waals surface area contributed by atoms with E-state index in [-0.39, 0.29) is 42.8 Å². The zero-order valence-electron chi connectivity index (χ0n) is 34.7. The summed E-state index contributed by atoms with van der Waals surface area (Å²) in [5, 5.41) is 8.99. The van der Waals surface area contributed by atoms with Crippen molar-refractivity contribution in [2.75, 3.05) is 62.1 Å². The van der Waals surface area contributed by atoms with Gasteiger partial charge in [0.15, 0.2) is 5.65 Å². The molecule has 16 nitrogen and oxygen atoms in total. The number of carbonyl (C=O) groups is 2. The van der Waals surface area contributed by atoms with Crippen molar-refractivity contribution in [2.45, 2.75) is 75.8 Å². The molecule has 62 heavy (non-hydrogen) atoms. The number of nitrogens with one attached hydrogen (secondary N) is 1. The molecule has 0 spiro atoms. The van der Waals surface area contributed by atoms with Gasteiger partial charge < -0.3 is 39.0 Å². The fraction of sp³-hybridized carbons (Fsp3) is 0.432. The minimum Gasteiger partial charge on any atom is -0.489 e. The van der Waals surface area contributed by atoms with Gasteiger partial charge in [-0.15, -0.1) is 0 Å². The number of carbonyl (C=O) groups excluding carboxylic acids is 2. The van der Waals surface area contributed by atoms with Crippen LogP contribution >= 0.6 is 0 Å². The molecule has 320 valence electrons. The molecule has 3 saturated heterocycles. The minimum atomic E-state index is -0.696. The number of halogens is 2. The number of aromatic nitrogens is 7. The Hall–Kier alpha value is -6.43. The number of imidazole rings is 1. The second-order valence-corrected chi connectivity index (χ2v) is 17.1. The van der Waals surface area contributed by atoms with Crippen LogP contribution in [0.15, 0.2) is 54.7 Å². The van der Waals surface area contributed by atoms with E-state index < -0.39 is 29.8 Å². The Morgan fingerprint density at radius 1 is 0.871 bits per heavy atom. The molecule has 1 unspecified atom stereocenters. The molecule has 5 aliphatic rings. The number of benzene rings is 2. The third-order valence-electron chi connectivity index (χ3n) is 13.2. The molecule has 5 aliphatic heterocycles. The molecule has 11 rings (SSSR count). The largest absolute Gasteiger partial charge is 0.489 e. The number of anilines is 3. The van der Waals surface area contributed by atoms with Crippen LogP contribution in [0.2, 0.25) is 0 Å². The van der Waals surface area contributed by atoms with E-state index in [1.165, 1.54) is 24.3 Å². The highest BCUT2D eigenvalue weighted by Crippen LogP contribution is 2.39. The van der Waals surface area contributed by atoms with Gasteiger partial charge in [0, 0.05) is 64.1 Å². The minimum absolute atomic E-state index is 0.00116. The SMILES string of the molecule is CO[C@H]1CN(C)C(=O)[C@@H]2C[C@@H](CN2c2nc3nc4c2cnn4-c2ccc(F)cc2OCC2CCCN2C(=O)[C@@H]2CCCN32)Nc2cccc(n2)-c2cc(F)cc3nc(C)n(c23)C1. The maximum absolute atomic E-state index is 15.2. The zero-order chi connectivity index (χ0) is 42.4. The van der Waals surface area contributed by atoms with Gasteiger partial charge >= 0.3 is 0 Å². The zero-order valence-corrected chi connectivity index (χ0v) is 34.7. The molecule has 6 bridgehead atoms. The Morgan fingerprint density at radius 2 is 1.73 bits per heavy atom. The second kappa shape index (κ2) is 14.9. The molecule has 18 heteroatoms. The molecule has 0 saturated carbocycles. The Morgan fingerprint density at radius 3 is 2.60 bits per heavy atom. The molecule has 1 N–H and O–H groups in total. The number of rotatable bonds is 2. The van der Waals surface area contributed by atoms with Crippen LogP contribution in [0.1, 0.15) is 37.9 Å². The first-order valence-electron chi connectivity index (χ1n) is 21.3. The number of likely N-dealkylation sites (N-methyl/N-ethyl adjacent to an activating group) is 1. The van der Waals surface area contributed by atoms with Gasteiger partial charge in [0.2, 0.25) is 17.8 Å². The monoisotopic (exact) mass is 844 g/mol. The van der Waals surface area contributed by atoms with Crippen molar-refractivity contribution in [3.8, 4) is 22.7 Å². The average Bonchev–Trinajstić information content (AvgIpc) is 4.12. The van der Waals surface area contributed by atoms with Crippen LogP contribution in [-0.4, -0.2) is 133 Å². The van der Waals surface area contributed by atoms with E-state index in [1.807, 2.05) is 44.4 Å². The number of aryl methyl sites for hydroxylation is 1. The topological polar surface area (TPSA) is 152 Å². The van der Waals surface area contributed by atoms with Crippen molar-refractivity contribution in [2.24, 2.45) is 0 Å². The lowest BCUT2D eigenvalue weighted by Gasteiger charge is -2.33. The molecule has 4 aromatic heterocycles. The molecular weight excluding hydrogens is 799 g/mol. The summed E-state index contributed by atoms with van der Waals surface area (Å²) in [4.78, 5) is 57.1. The third-order valence-corrected chi connectivity index (χ3v) is 13.2. The fourth-order valence-electron chi connectivity index (χ4n) is 10.2. The van der Waals surface area contributed by atoms with Crippen molar-refractivity contribution >= 4 is 51.5 Å². The molecule has 2 aromatic carbocycles. The van der Waals surface area contributed by atoms with Crippen LogP contribution in [-0.2, 0) is 20.9 Å². The quantitative estimate of drug-likeness (QED) is 0.257. The van der Waals surface area contributed by atoms with Crippen molar-refractivity contribution in [1.82, 2.24) is 44.1 Å². The number of pyridine rings is 1. The number of fused-ring (bicyclic) bond motifs is 11. The van der Waals surface area contributed by atoms with E-state index in [9.17, 15) is 14.0 Å². The lowest BCUT2D eigenvalue weighted by molar-refractivity contribution is -0.134. The summed E-state index contributed by atoms with van der Waals surface area (Å²) < 4.78 is 46.1. The van der Waals surface area contributed by atoms with Crippen molar-refractivity contribution < 1.29 is 27.8 Å². The standard InChI is InChI=1S/C44H46F2N12O4/c1-24-48-33-16-26(46)15-30-32-8-4-10-38(50-32)49-27-18-36(42(59)53(2)21-29(61-3)22-56(24)39(30)33)57(20-27)40-31-19-47-58-34-12-11-25(45)17-37(34)62-23-28-7-5-13-54(28)43(60)35-9-6-14-55(35)44(51-40)52-41(31)58/h4,8,10-12,15-17,19,27-29,35-36H,5-7,9,13-14,18,20-23H2,1-3H3,(H,49,50)/t27-,28?,29-,35-,36-/m0/s1. The maximum atomic E-state index is 15.2. The van der Waals surface area contributed by atoms with Crippen LogP contribution in [0, 0.1) is 18.6 Å². The lowest BCUT2D eigenvalue weighted by Crippen LogP contribution is -2.49. The summed E-state index contributed by atoms with van der Waals surface area (Å²) in [7, 11) is 3.40. The van der Waals surface area contributed by atoms with Gasteiger partial charge in [-0.25, -0.2) is 23.4 Å². The van der Waals surface area contributed by atoms with Crippen LogP contribution in [0.25, 0.3) is 39.0 Å². The highest BCUT2D eigenvalue weighted by Gasteiger charge is 2.44. The first-order chi connectivity index (χ1) is 30.1. The summed E-state index contributed by atoms with van der Waals surface area (Å²) in [5.74, 6) is 1.33. The Bertz CT molecular complexity index is 2780. The van der Waals surface area contributed by atoms with E-state index in [0.29, 0.717) is 95.9 Å². The van der Waals surface area contributed by atoms with Crippen molar-refractivity contribution in [3.63, 3.8) is 0 Å². The number of ether oxygens (including phenoxy) is 2. The molecule has 3 fully saturated rings. The fourth-order valence-corrected chi connectivity index (χ4v) is 10.2. The van der Waals surface area contributed by atoms with Gasteiger partial charge in [-0.2, -0.15) is 15.1 Å². The molecule has 9 heterocycles. The van der Waals surface area contributed by atoms with E-state index in [0.717, 1.165) is 24.8 Å². The van der Waals surface area contributed by atoms with Gasteiger partial charge in [0.1, 0.15) is 59.2 Å². The van der Waals surface area contributed by atoms with Crippen molar-refractivity contribution in [1.29, 1.82) is 0 Å². The Kier molecular flexibility index (Phi) is 9.24. The van der Waals surface area contributed by atoms with E-state index >= 15 is 4.39 Å². The van der Waals surface area contributed by atoms with Crippen LogP contribution in [0.3, 0.4) is 0 Å². The van der Waals surface area contributed by atoms with Gasteiger partial charge in [-0.05, 0) is 69.4 Å². The predicted molar refractivity (Wildman–Crippen MR) is 226 cm³/mol. The number of hydrogen-bond acceptors (Lipinski definition) is 12. The van der Waals surface area contributed by atoms with Crippen LogP contribution < -0.4 is 19.9 Å². The summed E-state index contributed by atoms with van der Waals surface area (Å²) in [6, 6.07) is 11.2. The molecule has 0 radical (unpaired) electrons. The maximum Gasteiger partial charge on any atom is 0.245 e.